The van der Waals surface area contributed by atoms with Crippen LogP contribution in [-0.4, -0.2) is 23.5 Å². The molecule has 0 aliphatic heterocycles. The summed E-state index contributed by atoms with van der Waals surface area (Å²) in [6, 6.07) is 28.3. The van der Waals surface area contributed by atoms with Gasteiger partial charge in [0, 0.05) is 22.3 Å². The van der Waals surface area contributed by atoms with Crippen molar-refractivity contribution in [2.45, 2.75) is 0 Å². The highest BCUT2D eigenvalue weighted by Gasteiger charge is 2.12. The lowest BCUT2D eigenvalue weighted by molar-refractivity contribution is 0.0974. The van der Waals surface area contributed by atoms with E-state index >= 15 is 0 Å². The summed E-state index contributed by atoms with van der Waals surface area (Å²) in [6.07, 6.45) is 0. The number of carbonyl (C=O) groups excluding carboxylic acids is 2. The Labute approximate surface area is 184 Å². The van der Waals surface area contributed by atoms with Crippen molar-refractivity contribution >= 4 is 34.3 Å². The molecule has 0 atom stereocenters. The maximum atomic E-state index is 12.6. The van der Waals surface area contributed by atoms with Gasteiger partial charge in [0.2, 0.25) is 0 Å². The lowest BCUT2D eigenvalue weighted by Crippen LogP contribution is -2.30. The molecule has 6 nitrogen and oxygen atoms in total. The van der Waals surface area contributed by atoms with E-state index in [1.54, 1.807) is 60.7 Å². The molecule has 0 saturated carbocycles. The number of nitrogens with two attached hydrogens (primary N) is 1. The molecule has 32 heavy (non-hydrogen) atoms. The highest BCUT2D eigenvalue weighted by Crippen LogP contribution is 2.19. The number of aliphatic imine (C=N–C) groups is 1. The fourth-order valence-electron chi connectivity index (χ4n) is 3.23. The highest BCUT2D eigenvalue weighted by molar-refractivity contribution is 6.13. The minimum Gasteiger partial charge on any atom is -0.383 e. The second-order valence-electron chi connectivity index (χ2n) is 7.14. The number of carbonyl (C=O) groups is 2. The second-order valence-corrected chi connectivity index (χ2v) is 7.14. The number of fused-ring (bicyclic) bond motifs is 1. The molecule has 0 unspecified atom stereocenters. The topological polar surface area (TPSA) is 108 Å². The third-order valence-corrected chi connectivity index (χ3v) is 4.94. The van der Waals surface area contributed by atoms with Crippen LogP contribution in [0, 0.1) is 5.41 Å². The summed E-state index contributed by atoms with van der Waals surface area (Å²) in [5.74, 6) is -0.624. The van der Waals surface area contributed by atoms with Gasteiger partial charge in [-0.25, -0.2) is 0 Å². The van der Waals surface area contributed by atoms with Crippen LogP contribution in [0.15, 0.2) is 102 Å². The Hall–Kier alpha value is -4.58. The number of nitrogens with one attached hydrogen (secondary N) is 2. The molecule has 2 amide bonds. The van der Waals surface area contributed by atoms with Crippen molar-refractivity contribution in [1.82, 2.24) is 5.32 Å². The standard InChI is InChI=1S/C26H20N4O2/c27-23(17-7-3-1-4-8-17)29-25(31)21-13-11-20-16-22(14-12-19(20)15-21)26(32)30-24(28)18-9-5-2-6-10-18/h1-16H,(H2,27,29,31)(H2,28,30,32). The van der Waals surface area contributed by atoms with Crippen molar-refractivity contribution in [2.24, 2.45) is 10.7 Å². The molecule has 4 aromatic rings. The summed E-state index contributed by atoms with van der Waals surface area (Å²) >= 11 is 0. The molecule has 0 fully saturated rings. The Morgan fingerprint density at radius 1 is 0.688 bits per heavy atom. The molecule has 0 aliphatic rings. The Kier molecular flexibility index (Phi) is 5.85. The van der Waals surface area contributed by atoms with Crippen molar-refractivity contribution in [1.29, 1.82) is 5.41 Å². The third-order valence-electron chi connectivity index (χ3n) is 4.94. The van der Waals surface area contributed by atoms with Gasteiger partial charge in [-0.05, 0) is 35.0 Å². The SMILES string of the molecule is N=C(NC(=O)c1ccc2cc(C(=O)N=C(N)c3ccccc3)ccc2c1)c1ccccc1. The zero-order valence-electron chi connectivity index (χ0n) is 17.1. The first-order valence-corrected chi connectivity index (χ1v) is 9.94. The zero-order chi connectivity index (χ0) is 22.5. The van der Waals surface area contributed by atoms with Crippen LogP contribution in [-0.2, 0) is 0 Å². The van der Waals surface area contributed by atoms with Crippen molar-refractivity contribution in [3.8, 4) is 0 Å². The second kappa shape index (κ2) is 9.06. The number of rotatable bonds is 4. The molecule has 156 valence electrons. The van der Waals surface area contributed by atoms with Gasteiger partial charge in [0.1, 0.15) is 11.7 Å². The van der Waals surface area contributed by atoms with E-state index in [0.717, 1.165) is 10.8 Å². The van der Waals surface area contributed by atoms with Crippen molar-refractivity contribution < 1.29 is 9.59 Å². The van der Waals surface area contributed by atoms with E-state index in [2.05, 4.69) is 10.3 Å². The van der Waals surface area contributed by atoms with Gasteiger partial charge in [-0.1, -0.05) is 72.8 Å². The van der Waals surface area contributed by atoms with Gasteiger partial charge in [0.05, 0.1) is 0 Å². The van der Waals surface area contributed by atoms with E-state index in [9.17, 15) is 9.59 Å². The zero-order valence-corrected chi connectivity index (χ0v) is 17.1. The number of benzene rings is 4. The van der Waals surface area contributed by atoms with Crippen LogP contribution in [0.3, 0.4) is 0 Å². The number of hydrogen-bond donors (Lipinski definition) is 3. The number of nitrogens with zero attached hydrogens (tertiary/aromatic N) is 1. The number of amides is 2. The average molecular weight is 420 g/mol. The highest BCUT2D eigenvalue weighted by atomic mass is 16.2. The monoisotopic (exact) mass is 420 g/mol. The number of hydrogen-bond acceptors (Lipinski definition) is 3. The van der Waals surface area contributed by atoms with E-state index in [1.807, 2.05) is 36.4 Å². The van der Waals surface area contributed by atoms with E-state index in [0.29, 0.717) is 22.3 Å². The first-order chi connectivity index (χ1) is 15.5. The Morgan fingerprint density at radius 2 is 1.22 bits per heavy atom. The molecule has 0 radical (unpaired) electrons. The molecule has 4 N–H and O–H groups in total. The molecule has 0 aromatic heterocycles. The molecule has 4 aromatic carbocycles. The molecule has 0 spiro atoms. The first kappa shape index (κ1) is 20.7. The van der Waals surface area contributed by atoms with Crippen LogP contribution in [0.25, 0.3) is 10.8 Å². The minimum absolute atomic E-state index is 0.0329. The molecule has 0 bridgehead atoms. The summed E-state index contributed by atoms with van der Waals surface area (Å²) in [5.41, 5.74) is 8.07. The molecule has 0 aliphatic carbocycles. The fraction of sp³-hybridized carbons (Fsp3) is 0. The van der Waals surface area contributed by atoms with Crippen LogP contribution < -0.4 is 11.1 Å². The van der Waals surface area contributed by atoms with Crippen LogP contribution >= 0.6 is 0 Å². The maximum Gasteiger partial charge on any atom is 0.278 e. The van der Waals surface area contributed by atoms with E-state index in [-0.39, 0.29) is 17.6 Å². The predicted molar refractivity (Wildman–Crippen MR) is 126 cm³/mol. The van der Waals surface area contributed by atoms with E-state index in [4.69, 9.17) is 11.1 Å². The first-order valence-electron chi connectivity index (χ1n) is 9.94. The fourth-order valence-corrected chi connectivity index (χ4v) is 3.23. The van der Waals surface area contributed by atoms with Crippen molar-refractivity contribution in [3.05, 3.63) is 119 Å². The van der Waals surface area contributed by atoms with Crippen molar-refractivity contribution in [2.75, 3.05) is 0 Å². The number of amidine groups is 2. The molecular weight excluding hydrogens is 400 g/mol. The van der Waals surface area contributed by atoms with Crippen LogP contribution in [0.2, 0.25) is 0 Å². The third kappa shape index (κ3) is 4.60. The van der Waals surface area contributed by atoms with Crippen LogP contribution in [0.5, 0.6) is 0 Å². The molecule has 0 saturated heterocycles. The summed E-state index contributed by atoms with van der Waals surface area (Å²) in [6.45, 7) is 0. The Balaban J connectivity index is 1.52. The Morgan fingerprint density at radius 3 is 1.84 bits per heavy atom. The van der Waals surface area contributed by atoms with Gasteiger partial charge in [-0.3, -0.25) is 15.0 Å². The van der Waals surface area contributed by atoms with E-state index < -0.39 is 5.91 Å². The summed E-state index contributed by atoms with van der Waals surface area (Å²) in [7, 11) is 0. The van der Waals surface area contributed by atoms with Crippen LogP contribution in [0.4, 0.5) is 0 Å². The average Bonchev–Trinajstić information content (AvgIpc) is 2.84. The van der Waals surface area contributed by atoms with Gasteiger partial charge < -0.3 is 11.1 Å². The Bertz CT molecular complexity index is 1350. The van der Waals surface area contributed by atoms with Crippen molar-refractivity contribution in [3.63, 3.8) is 0 Å². The quantitative estimate of drug-likeness (QED) is 0.341. The molecular formula is C26H20N4O2. The lowest BCUT2D eigenvalue weighted by atomic mass is 10.0. The van der Waals surface area contributed by atoms with Crippen LogP contribution in [0.1, 0.15) is 31.8 Å². The van der Waals surface area contributed by atoms with E-state index in [1.165, 1.54) is 0 Å². The molecule has 4 rings (SSSR count). The normalized spacial score (nSPS) is 11.2. The minimum atomic E-state index is -0.439. The maximum absolute atomic E-state index is 12.6. The van der Waals surface area contributed by atoms with Gasteiger partial charge in [-0.15, -0.1) is 0 Å². The largest absolute Gasteiger partial charge is 0.383 e. The van der Waals surface area contributed by atoms with Gasteiger partial charge in [0.15, 0.2) is 0 Å². The summed E-state index contributed by atoms with van der Waals surface area (Å²) < 4.78 is 0. The molecule has 6 heteroatoms. The van der Waals surface area contributed by atoms with Gasteiger partial charge in [0.25, 0.3) is 11.8 Å². The van der Waals surface area contributed by atoms with Gasteiger partial charge >= 0.3 is 0 Å². The smallest absolute Gasteiger partial charge is 0.278 e. The summed E-state index contributed by atoms with van der Waals surface area (Å²) in [4.78, 5) is 29.1. The molecule has 0 heterocycles. The summed E-state index contributed by atoms with van der Waals surface area (Å²) in [5, 5.41) is 12.3. The predicted octanol–water partition coefficient (Wildman–Crippen LogP) is 4.14. The van der Waals surface area contributed by atoms with Gasteiger partial charge in [-0.2, -0.15) is 4.99 Å². The lowest BCUT2D eigenvalue weighted by Gasteiger charge is -2.08.